The number of hydrogen-bond acceptors (Lipinski definition) is 5. The predicted octanol–water partition coefficient (Wildman–Crippen LogP) is 1.29. The molecule has 3 rings (SSSR count). The summed E-state index contributed by atoms with van der Waals surface area (Å²) in [7, 11) is 0. The Balaban J connectivity index is 1.60. The van der Waals surface area contributed by atoms with Gasteiger partial charge >= 0.3 is 5.97 Å². The summed E-state index contributed by atoms with van der Waals surface area (Å²) >= 11 is 0. The van der Waals surface area contributed by atoms with E-state index in [2.05, 4.69) is 15.2 Å². The minimum Gasteiger partial charge on any atom is -0.481 e. The highest BCUT2D eigenvalue weighted by molar-refractivity contribution is 6.00. The number of amides is 2. The van der Waals surface area contributed by atoms with Gasteiger partial charge in [0.15, 0.2) is 0 Å². The van der Waals surface area contributed by atoms with Crippen molar-refractivity contribution < 1.29 is 19.5 Å². The molecule has 2 saturated heterocycles. The van der Waals surface area contributed by atoms with Crippen LogP contribution in [0.3, 0.4) is 0 Å². The Morgan fingerprint density at radius 3 is 2.83 bits per heavy atom. The largest absolute Gasteiger partial charge is 0.481 e. The number of carboxylic acids is 1. The molecule has 7 heteroatoms. The van der Waals surface area contributed by atoms with E-state index in [9.17, 15) is 14.4 Å². The van der Waals surface area contributed by atoms with Crippen molar-refractivity contribution in [2.45, 2.75) is 38.0 Å². The quantitative estimate of drug-likeness (QED) is 0.789. The van der Waals surface area contributed by atoms with Crippen molar-refractivity contribution in [1.82, 2.24) is 10.3 Å². The topological polar surface area (TPSA) is 99.6 Å². The summed E-state index contributed by atoms with van der Waals surface area (Å²) in [6, 6.07) is 3.80. The molecule has 0 spiro atoms. The van der Waals surface area contributed by atoms with Gasteiger partial charge in [0.1, 0.15) is 5.82 Å². The molecule has 0 aromatic carbocycles. The van der Waals surface area contributed by atoms with Crippen LogP contribution in [0.2, 0.25) is 0 Å². The number of hydrogen-bond donors (Lipinski definition) is 2. The van der Waals surface area contributed by atoms with Crippen molar-refractivity contribution in [1.29, 1.82) is 0 Å². The van der Waals surface area contributed by atoms with Gasteiger partial charge in [0, 0.05) is 32.1 Å². The Hall–Kier alpha value is -2.44. The summed E-state index contributed by atoms with van der Waals surface area (Å²) in [4.78, 5) is 40.4. The first-order chi connectivity index (χ1) is 11.5. The Kier molecular flexibility index (Phi) is 4.78. The number of aromatic nitrogens is 1. The molecule has 2 atom stereocenters. The van der Waals surface area contributed by atoms with Crippen LogP contribution in [0.15, 0.2) is 18.3 Å². The molecule has 2 N–H and O–H groups in total. The fraction of sp³-hybridized carbons (Fsp3) is 0.529. The number of carbonyl (C=O) groups is 3. The minimum atomic E-state index is -0.750. The van der Waals surface area contributed by atoms with Crippen molar-refractivity contribution >= 4 is 23.6 Å². The van der Waals surface area contributed by atoms with Crippen LogP contribution in [0.5, 0.6) is 0 Å². The number of rotatable bonds is 5. The van der Waals surface area contributed by atoms with Gasteiger partial charge in [-0.15, -0.1) is 0 Å². The Morgan fingerprint density at radius 1 is 1.33 bits per heavy atom. The average molecular weight is 331 g/mol. The third-order valence-electron chi connectivity index (χ3n) is 4.79. The second-order valence-corrected chi connectivity index (χ2v) is 6.49. The third-order valence-corrected chi connectivity index (χ3v) is 4.79. The molecule has 0 bridgehead atoms. The normalized spacial score (nSPS) is 24.1. The molecule has 2 fully saturated rings. The molecule has 128 valence electrons. The van der Waals surface area contributed by atoms with Gasteiger partial charge in [-0.2, -0.15) is 0 Å². The maximum atomic E-state index is 11.9. The predicted molar refractivity (Wildman–Crippen MR) is 86.6 cm³/mol. The number of pyridine rings is 1. The van der Waals surface area contributed by atoms with E-state index in [1.807, 2.05) is 12.1 Å². The van der Waals surface area contributed by atoms with E-state index < -0.39 is 5.97 Å². The summed E-state index contributed by atoms with van der Waals surface area (Å²) in [5.74, 6) is -0.297. The molecule has 3 heterocycles. The van der Waals surface area contributed by atoms with E-state index in [0.717, 1.165) is 30.9 Å². The molecule has 24 heavy (non-hydrogen) atoms. The molecule has 2 aliphatic heterocycles. The number of nitrogens with zero attached hydrogens (tertiary/aromatic N) is 2. The SMILES string of the molecule is O=C(O)CC[C@@H]1CCN(c2ccc([C@H]3CCC(=O)NC3=O)cn2)C1. The van der Waals surface area contributed by atoms with Crippen molar-refractivity contribution in [3.63, 3.8) is 0 Å². The number of carboxylic acid groups (broad SMARTS) is 1. The molecule has 0 saturated carbocycles. The van der Waals surface area contributed by atoms with Crippen LogP contribution in [0.25, 0.3) is 0 Å². The monoisotopic (exact) mass is 331 g/mol. The number of piperidine rings is 1. The lowest BCUT2D eigenvalue weighted by Gasteiger charge is -2.22. The lowest BCUT2D eigenvalue weighted by molar-refractivity contribution is -0.137. The highest BCUT2D eigenvalue weighted by Crippen LogP contribution is 2.28. The second-order valence-electron chi connectivity index (χ2n) is 6.49. The molecule has 0 radical (unpaired) electrons. The van der Waals surface area contributed by atoms with Crippen LogP contribution in [0.4, 0.5) is 5.82 Å². The van der Waals surface area contributed by atoms with E-state index in [1.165, 1.54) is 0 Å². The van der Waals surface area contributed by atoms with Gasteiger partial charge in [-0.3, -0.25) is 19.7 Å². The fourth-order valence-electron chi connectivity index (χ4n) is 3.41. The number of imide groups is 1. The number of anilines is 1. The van der Waals surface area contributed by atoms with Crippen LogP contribution in [0, 0.1) is 5.92 Å². The second kappa shape index (κ2) is 6.98. The highest BCUT2D eigenvalue weighted by atomic mass is 16.4. The van der Waals surface area contributed by atoms with Gasteiger partial charge in [0.05, 0.1) is 5.92 Å². The van der Waals surface area contributed by atoms with Crippen LogP contribution < -0.4 is 10.2 Å². The Morgan fingerprint density at radius 2 is 2.17 bits per heavy atom. The number of aliphatic carboxylic acids is 1. The van der Waals surface area contributed by atoms with Crippen molar-refractivity contribution in [2.75, 3.05) is 18.0 Å². The standard InChI is InChI=1S/C17H21N3O4/c21-15-5-3-13(17(24)19-15)12-2-4-14(18-9-12)20-8-7-11(10-20)1-6-16(22)23/h2,4,9,11,13H,1,3,5-8,10H2,(H,22,23)(H,19,21,24)/t11-,13-/m1/s1. The average Bonchev–Trinajstić information content (AvgIpc) is 3.02. The van der Waals surface area contributed by atoms with E-state index in [0.29, 0.717) is 25.2 Å². The van der Waals surface area contributed by atoms with Gasteiger partial charge in [-0.25, -0.2) is 4.98 Å². The molecule has 2 amide bonds. The zero-order chi connectivity index (χ0) is 17.1. The van der Waals surface area contributed by atoms with Gasteiger partial charge in [0.25, 0.3) is 0 Å². The molecule has 7 nitrogen and oxygen atoms in total. The molecule has 0 aliphatic carbocycles. The molecule has 0 unspecified atom stereocenters. The van der Waals surface area contributed by atoms with E-state index in [1.54, 1.807) is 6.20 Å². The lowest BCUT2D eigenvalue weighted by Crippen LogP contribution is -2.39. The van der Waals surface area contributed by atoms with Gasteiger partial charge in [-0.05, 0) is 36.8 Å². The van der Waals surface area contributed by atoms with E-state index in [-0.39, 0.29) is 24.2 Å². The van der Waals surface area contributed by atoms with Crippen molar-refractivity contribution in [3.05, 3.63) is 23.9 Å². The van der Waals surface area contributed by atoms with Gasteiger partial charge in [-0.1, -0.05) is 6.07 Å². The molecular formula is C17H21N3O4. The summed E-state index contributed by atoms with van der Waals surface area (Å²) < 4.78 is 0. The third kappa shape index (κ3) is 3.72. The van der Waals surface area contributed by atoms with Crippen LogP contribution >= 0.6 is 0 Å². The zero-order valence-corrected chi connectivity index (χ0v) is 13.4. The first-order valence-corrected chi connectivity index (χ1v) is 8.29. The first-order valence-electron chi connectivity index (χ1n) is 8.29. The van der Waals surface area contributed by atoms with Crippen LogP contribution in [-0.2, 0) is 14.4 Å². The number of carbonyl (C=O) groups excluding carboxylic acids is 2. The summed E-state index contributed by atoms with van der Waals surface area (Å²) in [5.41, 5.74) is 0.824. The van der Waals surface area contributed by atoms with E-state index in [4.69, 9.17) is 5.11 Å². The maximum Gasteiger partial charge on any atom is 0.303 e. The minimum absolute atomic E-state index is 0.209. The number of nitrogens with one attached hydrogen (secondary N) is 1. The first kappa shape index (κ1) is 16.4. The zero-order valence-electron chi connectivity index (χ0n) is 13.4. The van der Waals surface area contributed by atoms with Crippen LogP contribution in [0.1, 0.15) is 43.6 Å². The van der Waals surface area contributed by atoms with Gasteiger partial charge in [0.2, 0.25) is 11.8 Å². The molecular weight excluding hydrogens is 310 g/mol. The lowest BCUT2D eigenvalue weighted by atomic mass is 9.92. The summed E-state index contributed by atoms with van der Waals surface area (Å²) in [5, 5.41) is 11.1. The Bertz CT molecular complexity index is 644. The summed E-state index contributed by atoms with van der Waals surface area (Å²) in [6.45, 7) is 1.69. The highest BCUT2D eigenvalue weighted by Gasteiger charge is 2.29. The van der Waals surface area contributed by atoms with Gasteiger partial charge < -0.3 is 10.0 Å². The molecule has 1 aromatic rings. The Labute approximate surface area is 140 Å². The van der Waals surface area contributed by atoms with Crippen molar-refractivity contribution in [2.24, 2.45) is 5.92 Å². The van der Waals surface area contributed by atoms with E-state index >= 15 is 0 Å². The molecule has 2 aliphatic rings. The molecule has 1 aromatic heterocycles. The van der Waals surface area contributed by atoms with Crippen molar-refractivity contribution in [3.8, 4) is 0 Å². The fourth-order valence-corrected chi connectivity index (χ4v) is 3.41. The maximum absolute atomic E-state index is 11.9. The smallest absolute Gasteiger partial charge is 0.303 e. The van der Waals surface area contributed by atoms with Crippen LogP contribution in [-0.4, -0.2) is 41.0 Å². The summed E-state index contributed by atoms with van der Waals surface area (Å²) in [6.07, 6.45) is 4.46.